The van der Waals surface area contributed by atoms with E-state index in [4.69, 9.17) is 4.74 Å². The van der Waals surface area contributed by atoms with Gasteiger partial charge in [-0.2, -0.15) is 0 Å². The molecule has 0 unspecified atom stereocenters. The van der Waals surface area contributed by atoms with Crippen LogP contribution >= 0.6 is 0 Å². The fourth-order valence-corrected chi connectivity index (χ4v) is 2.87. The average molecular weight is 348 g/mol. The van der Waals surface area contributed by atoms with Gasteiger partial charge in [0.15, 0.2) is 0 Å². The molecular formula is C18H28N4O3. The highest BCUT2D eigenvalue weighted by Crippen LogP contribution is 2.12. The van der Waals surface area contributed by atoms with E-state index in [1.54, 1.807) is 6.20 Å². The molecule has 1 saturated heterocycles. The fraction of sp³-hybridized carbons (Fsp3) is 0.611. The minimum absolute atomic E-state index is 0.0745. The maximum absolute atomic E-state index is 12.3. The molecule has 2 rings (SSSR count). The lowest BCUT2D eigenvalue weighted by Gasteiger charge is -2.35. The molecular weight excluding hydrogens is 320 g/mol. The number of carbonyl (C=O) groups is 2. The Balaban J connectivity index is 1.69. The monoisotopic (exact) mass is 348 g/mol. The van der Waals surface area contributed by atoms with Crippen molar-refractivity contribution >= 4 is 17.6 Å². The van der Waals surface area contributed by atoms with Crippen LogP contribution < -0.4 is 10.2 Å². The van der Waals surface area contributed by atoms with Crippen LogP contribution in [0.25, 0.3) is 0 Å². The first-order valence-corrected chi connectivity index (χ1v) is 8.98. The standard InChI is InChI=1S/C18H28N4O3/c1-3-15(25-4-2)18(24)20-10-8-17(23)22-13-11-21(12-14-22)16-7-5-6-9-19-16/h5-7,9,15H,3-4,8,10-14H2,1-2H3,(H,20,24)/t15-/m0/s1. The molecule has 1 aromatic heterocycles. The third-order valence-corrected chi connectivity index (χ3v) is 4.27. The molecule has 25 heavy (non-hydrogen) atoms. The fourth-order valence-electron chi connectivity index (χ4n) is 2.87. The molecule has 0 saturated carbocycles. The molecule has 1 N–H and O–H groups in total. The number of anilines is 1. The number of hydrogen-bond acceptors (Lipinski definition) is 5. The smallest absolute Gasteiger partial charge is 0.249 e. The number of carbonyl (C=O) groups excluding carboxylic acids is 2. The van der Waals surface area contributed by atoms with E-state index in [9.17, 15) is 9.59 Å². The summed E-state index contributed by atoms with van der Waals surface area (Å²) in [6, 6.07) is 5.84. The van der Waals surface area contributed by atoms with Crippen LogP contribution in [-0.4, -0.2) is 67.1 Å². The summed E-state index contributed by atoms with van der Waals surface area (Å²) in [5, 5.41) is 2.79. The van der Waals surface area contributed by atoms with Gasteiger partial charge in [-0.05, 0) is 25.5 Å². The zero-order valence-corrected chi connectivity index (χ0v) is 15.1. The molecule has 0 aliphatic carbocycles. The molecule has 7 nitrogen and oxygen atoms in total. The molecule has 7 heteroatoms. The van der Waals surface area contributed by atoms with Crippen LogP contribution in [0.5, 0.6) is 0 Å². The molecule has 0 spiro atoms. The summed E-state index contributed by atoms with van der Waals surface area (Å²) in [6.45, 7) is 7.54. The molecule has 1 aliphatic heterocycles. The van der Waals surface area contributed by atoms with E-state index in [0.29, 0.717) is 39.1 Å². The minimum Gasteiger partial charge on any atom is -0.369 e. The lowest BCUT2D eigenvalue weighted by molar-refractivity contribution is -0.133. The van der Waals surface area contributed by atoms with Crippen molar-refractivity contribution in [3.8, 4) is 0 Å². The van der Waals surface area contributed by atoms with Gasteiger partial charge in [0.25, 0.3) is 0 Å². The van der Waals surface area contributed by atoms with Crippen molar-refractivity contribution in [2.24, 2.45) is 0 Å². The van der Waals surface area contributed by atoms with Crippen LogP contribution in [-0.2, 0) is 14.3 Å². The van der Waals surface area contributed by atoms with Gasteiger partial charge in [0.2, 0.25) is 11.8 Å². The molecule has 2 amide bonds. The van der Waals surface area contributed by atoms with Gasteiger partial charge in [-0.25, -0.2) is 4.98 Å². The number of amides is 2. The van der Waals surface area contributed by atoms with E-state index in [0.717, 1.165) is 18.9 Å². The Bertz CT molecular complexity index is 545. The number of pyridine rings is 1. The highest BCUT2D eigenvalue weighted by Gasteiger charge is 2.22. The zero-order valence-electron chi connectivity index (χ0n) is 15.1. The molecule has 2 heterocycles. The normalized spacial score (nSPS) is 15.8. The summed E-state index contributed by atoms with van der Waals surface area (Å²) in [4.78, 5) is 32.6. The number of nitrogens with zero attached hydrogens (tertiary/aromatic N) is 3. The van der Waals surface area contributed by atoms with Crippen LogP contribution in [0.2, 0.25) is 0 Å². The summed E-state index contributed by atoms with van der Waals surface area (Å²) in [7, 11) is 0. The lowest BCUT2D eigenvalue weighted by atomic mass is 10.2. The van der Waals surface area contributed by atoms with Crippen molar-refractivity contribution in [3.05, 3.63) is 24.4 Å². The van der Waals surface area contributed by atoms with Gasteiger partial charge in [-0.3, -0.25) is 9.59 Å². The molecule has 1 atom stereocenters. The molecule has 138 valence electrons. The van der Waals surface area contributed by atoms with Gasteiger partial charge in [0, 0.05) is 51.9 Å². The highest BCUT2D eigenvalue weighted by molar-refractivity contribution is 5.82. The Morgan fingerprint density at radius 3 is 2.60 bits per heavy atom. The Morgan fingerprint density at radius 1 is 1.24 bits per heavy atom. The number of piperazine rings is 1. The molecule has 1 aliphatic rings. The topological polar surface area (TPSA) is 74.8 Å². The van der Waals surface area contributed by atoms with Crippen LogP contribution in [0.15, 0.2) is 24.4 Å². The van der Waals surface area contributed by atoms with E-state index in [-0.39, 0.29) is 11.8 Å². The lowest BCUT2D eigenvalue weighted by Crippen LogP contribution is -2.49. The highest BCUT2D eigenvalue weighted by atomic mass is 16.5. The van der Waals surface area contributed by atoms with E-state index in [2.05, 4.69) is 15.2 Å². The predicted octanol–water partition coefficient (Wildman–Crippen LogP) is 1.05. The van der Waals surface area contributed by atoms with E-state index in [1.165, 1.54) is 0 Å². The van der Waals surface area contributed by atoms with Gasteiger partial charge in [-0.15, -0.1) is 0 Å². The van der Waals surface area contributed by atoms with Crippen molar-refractivity contribution in [1.29, 1.82) is 0 Å². The predicted molar refractivity (Wildman–Crippen MR) is 96.4 cm³/mol. The Kier molecular flexibility index (Phi) is 7.66. The van der Waals surface area contributed by atoms with Crippen LogP contribution in [0.1, 0.15) is 26.7 Å². The number of ether oxygens (including phenoxy) is 1. The minimum atomic E-state index is -0.429. The van der Waals surface area contributed by atoms with Crippen LogP contribution in [0.3, 0.4) is 0 Å². The third-order valence-electron chi connectivity index (χ3n) is 4.27. The molecule has 0 aromatic carbocycles. The number of aromatic nitrogens is 1. The van der Waals surface area contributed by atoms with Crippen LogP contribution in [0, 0.1) is 0 Å². The van der Waals surface area contributed by atoms with Crippen molar-refractivity contribution in [1.82, 2.24) is 15.2 Å². The summed E-state index contributed by atoms with van der Waals surface area (Å²) < 4.78 is 5.36. The number of rotatable bonds is 8. The second-order valence-electron chi connectivity index (χ2n) is 5.95. The van der Waals surface area contributed by atoms with Crippen molar-refractivity contribution in [2.75, 3.05) is 44.2 Å². The molecule has 0 radical (unpaired) electrons. The Morgan fingerprint density at radius 2 is 2.00 bits per heavy atom. The largest absolute Gasteiger partial charge is 0.369 e. The first-order chi connectivity index (χ1) is 12.2. The van der Waals surface area contributed by atoms with Crippen molar-refractivity contribution in [3.63, 3.8) is 0 Å². The second-order valence-corrected chi connectivity index (χ2v) is 5.95. The maximum Gasteiger partial charge on any atom is 0.249 e. The van der Waals surface area contributed by atoms with Gasteiger partial charge in [0.05, 0.1) is 0 Å². The molecule has 1 aromatic rings. The number of hydrogen-bond donors (Lipinski definition) is 1. The zero-order chi connectivity index (χ0) is 18.1. The summed E-state index contributed by atoms with van der Waals surface area (Å²) in [5.41, 5.74) is 0. The van der Waals surface area contributed by atoms with Crippen molar-refractivity contribution in [2.45, 2.75) is 32.8 Å². The van der Waals surface area contributed by atoms with E-state index in [1.807, 2.05) is 36.9 Å². The van der Waals surface area contributed by atoms with E-state index < -0.39 is 6.10 Å². The summed E-state index contributed by atoms with van der Waals surface area (Å²) >= 11 is 0. The average Bonchev–Trinajstić information content (AvgIpc) is 2.66. The summed E-state index contributed by atoms with van der Waals surface area (Å²) in [5.74, 6) is 0.881. The summed E-state index contributed by atoms with van der Waals surface area (Å²) in [6.07, 6.45) is 2.30. The van der Waals surface area contributed by atoms with Crippen LogP contribution in [0.4, 0.5) is 5.82 Å². The number of nitrogens with one attached hydrogen (secondary N) is 1. The first kappa shape index (κ1) is 19.2. The van der Waals surface area contributed by atoms with Gasteiger partial charge in [-0.1, -0.05) is 13.0 Å². The van der Waals surface area contributed by atoms with E-state index >= 15 is 0 Å². The van der Waals surface area contributed by atoms with Gasteiger partial charge >= 0.3 is 0 Å². The third kappa shape index (κ3) is 5.70. The van der Waals surface area contributed by atoms with Gasteiger partial charge < -0.3 is 19.9 Å². The SMILES string of the molecule is CCO[C@@H](CC)C(=O)NCCC(=O)N1CCN(c2ccccn2)CC1. The van der Waals surface area contributed by atoms with Crippen molar-refractivity contribution < 1.29 is 14.3 Å². The molecule has 0 bridgehead atoms. The maximum atomic E-state index is 12.3. The van der Waals surface area contributed by atoms with Gasteiger partial charge in [0.1, 0.15) is 11.9 Å². The second kappa shape index (κ2) is 9.98. The molecule has 1 fully saturated rings. The quantitative estimate of drug-likeness (QED) is 0.760. The Hall–Kier alpha value is -2.15. The first-order valence-electron chi connectivity index (χ1n) is 8.98. The Labute approximate surface area is 149 Å².